The van der Waals surface area contributed by atoms with Crippen molar-refractivity contribution in [3.63, 3.8) is 0 Å². The number of hydrogen-bond donors (Lipinski definition) is 2. The lowest BCUT2D eigenvalue weighted by Crippen LogP contribution is -2.35. The highest BCUT2D eigenvalue weighted by molar-refractivity contribution is 8.00. The van der Waals surface area contributed by atoms with Gasteiger partial charge in [0.2, 0.25) is 17.7 Å². The maximum atomic E-state index is 12.2. The first-order valence-electron chi connectivity index (χ1n) is 8.17. The number of rotatable bonds is 11. The van der Waals surface area contributed by atoms with E-state index in [1.807, 2.05) is 6.92 Å². The molecule has 1 heterocycles. The summed E-state index contributed by atoms with van der Waals surface area (Å²) in [6, 6.07) is 0. The van der Waals surface area contributed by atoms with Crippen LogP contribution in [0.2, 0.25) is 0 Å². The van der Waals surface area contributed by atoms with E-state index in [-0.39, 0.29) is 55.0 Å². The fourth-order valence-corrected chi connectivity index (χ4v) is 3.32. The van der Waals surface area contributed by atoms with Crippen LogP contribution in [0.3, 0.4) is 0 Å². The predicted octanol–water partition coefficient (Wildman–Crippen LogP) is 1.15. The highest BCUT2D eigenvalue weighted by atomic mass is 32.2. The Labute approximate surface area is 146 Å². The minimum Gasteiger partial charge on any atom is -0.356 e. The smallest absolute Gasteiger partial charge is 0.242 e. The van der Waals surface area contributed by atoms with Gasteiger partial charge in [-0.25, -0.2) is 0 Å². The van der Waals surface area contributed by atoms with Gasteiger partial charge in [0.05, 0.1) is 11.0 Å². The van der Waals surface area contributed by atoms with Crippen molar-refractivity contribution in [2.24, 2.45) is 0 Å². The average molecular weight is 355 g/mol. The molecule has 0 aromatic rings. The molecule has 24 heavy (non-hydrogen) atoms. The molecule has 0 radical (unpaired) electrons. The minimum absolute atomic E-state index is 0.000127. The Bertz CT molecular complexity index is 521. The number of carbonyl (C=O) groups excluding carboxylic acids is 4. The Balaban J connectivity index is 2.36. The topological polar surface area (TPSA) is 107 Å². The average Bonchev–Trinajstić information content (AvgIpc) is 2.79. The fraction of sp³-hybridized carbons (Fsp3) is 0.688. The normalized spacial score (nSPS) is 17.2. The van der Waals surface area contributed by atoms with E-state index < -0.39 is 5.25 Å². The monoisotopic (exact) mass is 355 g/mol. The van der Waals surface area contributed by atoms with Crippen molar-refractivity contribution in [2.75, 3.05) is 18.8 Å². The van der Waals surface area contributed by atoms with Crippen LogP contribution in [0.1, 0.15) is 46.0 Å². The molecule has 0 bridgehead atoms. The molecule has 1 unspecified atom stereocenters. The van der Waals surface area contributed by atoms with Gasteiger partial charge >= 0.3 is 0 Å². The lowest BCUT2D eigenvalue weighted by molar-refractivity contribution is -0.138. The van der Waals surface area contributed by atoms with Crippen molar-refractivity contribution in [2.45, 2.75) is 51.2 Å². The van der Waals surface area contributed by atoms with E-state index in [1.165, 1.54) is 18.7 Å². The standard InChI is InChI=1S/C16H25N3O4S/c1-3-4-7-18-14(21)5-8-19-15(22)10-13(16(19)23)24-9-6-12(20)11(2)17/h13,17H,3-10H2,1-2H3,(H,18,21). The highest BCUT2D eigenvalue weighted by Crippen LogP contribution is 2.25. The van der Waals surface area contributed by atoms with Crippen LogP contribution in [-0.4, -0.2) is 58.2 Å². The SMILES string of the molecule is CCCCNC(=O)CCN1C(=O)CC(SCCC(=O)C(C)=N)C1=O. The number of Topliss-reactive ketones (excluding diaryl/α,β-unsaturated/α-hetero) is 1. The molecule has 0 saturated carbocycles. The summed E-state index contributed by atoms with van der Waals surface area (Å²) in [5.41, 5.74) is 0.000127. The molecule has 7 nitrogen and oxygen atoms in total. The Kier molecular flexibility index (Phi) is 8.67. The molecule has 0 aromatic carbocycles. The van der Waals surface area contributed by atoms with Crippen LogP contribution >= 0.6 is 11.8 Å². The van der Waals surface area contributed by atoms with Gasteiger partial charge < -0.3 is 10.7 Å². The van der Waals surface area contributed by atoms with Gasteiger partial charge in [-0.05, 0) is 13.3 Å². The molecule has 0 spiro atoms. The van der Waals surface area contributed by atoms with Crippen LogP contribution in [0, 0.1) is 5.41 Å². The van der Waals surface area contributed by atoms with E-state index in [2.05, 4.69) is 5.32 Å². The van der Waals surface area contributed by atoms with Gasteiger partial charge in [-0.15, -0.1) is 11.8 Å². The number of likely N-dealkylation sites (tertiary alicyclic amines) is 1. The van der Waals surface area contributed by atoms with Crippen LogP contribution in [0.15, 0.2) is 0 Å². The summed E-state index contributed by atoms with van der Waals surface area (Å²) in [5, 5.41) is 9.49. The largest absolute Gasteiger partial charge is 0.356 e. The van der Waals surface area contributed by atoms with Crippen molar-refractivity contribution < 1.29 is 19.2 Å². The van der Waals surface area contributed by atoms with Gasteiger partial charge in [0.15, 0.2) is 5.78 Å². The van der Waals surface area contributed by atoms with Crippen LogP contribution in [0.25, 0.3) is 0 Å². The Morgan fingerprint density at radius 2 is 2.04 bits per heavy atom. The first-order chi connectivity index (χ1) is 11.4. The second kappa shape index (κ2) is 10.2. The van der Waals surface area contributed by atoms with Gasteiger partial charge in [-0.1, -0.05) is 13.3 Å². The summed E-state index contributed by atoms with van der Waals surface area (Å²) in [7, 11) is 0. The molecule has 8 heteroatoms. The lowest BCUT2D eigenvalue weighted by atomic mass is 10.2. The Morgan fingerprint density at radius 1 is 1.33 bits per heavy atom. The highest BCUT2D eigenvalue weighted by Gasteiger charge is 2.38. The molecule has 3 amide bonds. The quantitative estimate of drug-likeness (QED) is 0.328. The number of ketones is 1. The molecule has 1 saturated heterocycles. The second-order valence-electron chi connectivity index (χ2n) is 5.70. The van der Waals surface area contributed by atoms with E-state index in [4.69, 9.17) is 5.41 Å². The predicted molar refractivity (Wildman–Crippen MR) is 93.1 cm³/mol. The van der Waals surface area contributed by atoms with Crippen molar-refractivity contribution in [3.05, 3.63) is 0 Å². The number of nitrogens with zero attached hydrogens (tertiary/aromatic N) is 1. The Hall–Kier alpha value is -1.70. The Morgan fingerprint density at radius 3 is 2.67 bits per heavy atom. The summed E-state index contributed by atoms with van der Waals surface area (Å²) in [6.07, 6.45) is 2.31. The molecule has 134 valence electrons. The summed E-state index contributed by atoms with van der Waals surface area (Å²) in [4.78, 5) is 48.3. The molecule has 1 atom stereocenters. The molecular formula is C16H25N3O4S. The van der Waals surface area contributed by atoms with Gasteiger partial charge in [0.25, 0.3) is 0 Å². The number of amides is 3. The number of imide groups is 1. The fourth-order valence-electron chi connectivity index (χ4n) is 2.21. The maximum Gasteiger partial charge on any atom is 0.242 e. The van der Waals surface area contributed by atoms with Crippen molar-refractivity contribution in [1.82, 2.24) is 10.2 Å². The second-order valence-corrected chi connectivity index (χ2v) is 7.01. The third kappa shape index (κ3) is 6.43. The van der Waals surface area contributed by atoms with Crippen molar-refractivity contribution in [3.8, 4) is 0 Å². The third-order valence-electron chi connectivity index (χ3n) is 3.68. The van der Waals surface area contributed by atoms with Gasteiger partial charge in [-0.3, -0.25) is 24.1 Å². The zero-order valence-electron chi connectivity index (χ0n) is 14.2. The summed E-state index contributed by atoms with van der Waals surface area (Å²) in [6.45, 7) is 4.18. The molecule has 1 aliphatic heterocycles. The zero-order valence-corrected chi connectivity index (χ0v) is 15.0. The van der Waals surface area contributed by atoms with Crippen molar-refractivity contribution >= 4 is 41.0 Å². The molecule has 1 aliphatic rings. The first-order valence-corrected chi connectivity index (χ1v) is 9.22. The van der Waals surface area contributed by atoms with Gasteiger partial charge in [0, 0.05) is 38.1 Å². The van der Waals surface area contributed by atoms with Crippen LogP contribution in [0.4, 0.5) is 0 Å². The number of unbranched alkanes of at least 4 members (excludes halogenated alkanes) is 1. The first kappa shape index (κ1) is 20.3. The minimum atomic E-state index is -0.487. The molecule has 1 rings (SSSR count). The molecule has 2 N–H and O–H groups in total. The lowest BCUT2D eigenvalue weighted by Gasteiger charge is -2.14. The third-order valence-corrected chi connectivity index (χ3v) is 4.89. The number of carbonyl (C=O) groups is 4. The molecule has 0 aromatic heterocycles. The summed E-state index contributed by atoms with van der Waals surface area (Å²) in [5.74, 6) is -0.560. The van der Waals surface area contributed by atoms with Crippen LogP contribution in [0.5, 0.6) is 0 Å². The van der Waals surface area contributed by atoms with Crippen LogP contribution < -0.4 is 5.32 Å². The van der Waals surface area contributed by atoms with E-state index in [0.717, 1.165) is 17.7 Å². The summed E-state index contributed by atoms with van der Waals surface area (Å²) < 4.78 is 0. The number of nitrogens with one attached hydrogen (secondary N) is 2. The molecular weight excluding hydrogens is 330 g/mol. The van der Waals surface area contributed by atoms with E-state index in [0.29, 0.717) is 12.3 Å². The van der Waals surface area contributed by atoms with E-state index >= 15 is 0 Å². The molecule has 0 aliphatic carbocycles. The zero-order chi connectivity index (χ0) is 18.1. The van der Waals surface area contributed by atoms with E-state index in [9.17, 15) is 19.2 Å². The van der Waals surface area contributed by atoms with Gasteiger partial charge in [-0.2, -0.15) is 0 Å². The van der Waals surface area contributed by atoms with E-state index in [1.54, 1.807) is 0 Å². The van der Waals surface area contributed by atoms with Crippen LogP contribution in [-0.2, 0) is 19.2 Å². The maximum absolute atomic E-state index is 12.2. The number of thioether (sulfide) groups is 1. The summed E-state index contributed by atoms with van der Waals surface area (Å²) >= 11 is 1.27. The number of hydrogen-bond acceptors (Lipinski definition) is 6. The van der Waals surface area contributed by atoms with Crippen molar-refractivity contribution in [1.29, 1.82) is 5.41 Å². The van der Waals surface area contributed by atoms with Gasteiger partial charge in [0.1, 0.15) is 0 Å². The molecule has 1 fully saturated rings.